The highest BCUT2D eigenvalue weighted by Gasteiger charge is 2.43. The molecule has 94 valence electrons. The van der Waals surface area contributed by atoms with Crippen molar-refractivity contribution in [3.05, 3.63) is 0 Å². The molecule has 0 aliphatic heterocycles. The number of aliphatic hydroxyl groups is 1. The van der Waals surface area contributed by atoms with Crippen molar-refractivity contribution in [3.63, 3.8) is 0 Å². The van der Waals surface area contributed by atoms with Crippen molar-refractivity contribution < 1.29 is 10.3 Å². The van der Waals surface area contributed by atoms with Gasteiger partial charge < -0.3 is 21.4 Å². The third-order valence-corrected chi connectivity index (χ3v) is 3.32. The van der Waals surface area contributed by atoms with Crippen molar-refractivity contribution >= 4 is 5.84 Å². The van der Waals surface area contributed by atoms with Crippen LogP contribution in [0.3, 0.4) is 0 Å². The number of hydrogen-bond donors (Lipinski definition) is 4. The van der Waals surface area contributed by atoms with Crippen molar-refractivity contribution in [3.8, 4) is 0 Å². The van der Waals surface area contributed by atoms with Gasteiger partial charge in [0.15, 0.2) is 0 Å². The fourth-order valence-corrected chi connectivity index (χ4v) is 1.81. The quantitative estimate of drug-likeness (QED) is 0.223. The molecule has 1 aliphatic rings. The van der Waals surface area contributed by atoms with Crippen LogP contribution in [0, 0.1) is 5.41 Å². The Morgan fingerprint density at radius 1 is 1.50 bits per heavy atom. The molecule has 0 heterocycles. The summed E-state index contributed by atoms with van der Waals surface area (Å²) in [5.74, 6) is 0.305. The van der Waals surface area contributed by atoms with E-state index in [0.717, 1.165) is 25.8 Å². The second-order valence-electron chi connectivity index (χ2n) is 5.48. The number of nitrogens with zero attached hydrogens (tertiary/aromatic N) is 1. The maximum atomic E-state index is 8.92. The number of nitrogens with two attached hydrogens (primary N) is 1. The summed E-state index contributed by atoms with van der Waals surface area (Å²) in [6.07, 6.45) is 3.61. The fraction of sp³-hybridized carbons (Fsp3) is 0.909. The molecule has 1 fully saturated rings. The first-order valence-electron chi connectivity index (χ1n) is 5.75. The van der Waals surface area contributed by atoms with Crippen molar-refractivity contribution in [1.82, 2.24) is 5.32 Å². The highest BCUT2D eigenvalue weighted by Crippen LogP contribution is 2.48. The Morgan fingerprint density at radius 3 is 2.56 bits per heavy atom. The predicted octanol–water partition coefficient (Wildman–Crippen LogP) is 0.654. The van der Waals surface area contributed by atoms with Gasteiger partial charge in [0.2, 0.25) is 0 Å². The van der Waals surface area contributed by atoms with Gasteiger partial charge in [0.1, 0.15) is 5.84 Å². The molecule has 1 aliphatic carbocycles. The summed E-state index contributed by atoms with van der Waals surface area (Å²) in [4.78, 5) is 0. The van der Waals surface area contributed by atoms with Gasteiger partial charge >= 0.3 is 0 Å². The molecule has 0 amide bonds. The summed E-state index contributed by atoms with van der Waals surface area (Å²) >= 11 is 0. The highest BCUT2D eigenvalue weighted by atomic mass is 16.4. The van der Waals surface area contributed by atoms with E-state index >= 15 is 0 Å². The largest absolute Gasteiger partial charge is 0.409 e. The molecule has 5 heteroatoms. The highest BCUT2D eigenvalue weighted by molar-refractivity contribution is 5.80. The Balaban J connectivity index is 2.37. The second-order valence-corrected chi connectivity index (χ2v) is 5.48. The zero-order valence-corrected chi connectivity index (χ0v) is 10.2. The lowest BCUT2D eigenvalue weighted by Gasteiger charge is -2.28. The zero-order valence-electron chi connectivity index (χ0n) is 10.2. The van der Waals surface area contributed by atoms with Gasteiger partial charge in [0.05, 0.1) is 0 Å². The SMILES string of the molecule is CC(C)(CCO)NCC1(CC(N)=NO)CC1. The van der Waals surface area contributed by atoms with Crippen LogP contribution in [0.25, 0.3) is 0 Å². The minimum Gasteiger partial charge on any atom is -0.409 e. The first-order valence-corrected chi connectivity index (χ1v) is 5.75. The van der Waals surface area contributed by atoms with E-state index in [1.54, 1.807) is 0 Å². The van der Waals surface area contributed by atoms with E-state index in [0.29, 0.717) is 12.3 Å². The van der Waals surface area contributed by atoms with Gasteiger partial charge in [-0.3, -0.25) is 0 Å². The average molecular weight is 229 g/mol. The maximum Gasteiger partial charge on any atom is 0.139 e. The normalized spacial score (nSPS) is 19.8. The van der Waals surface area contributed by atoms with Gasteiger partial charge in [-0.1, -0.05) is 5.16 Å². The van der Waals surface area contributed by atoms with E-state index in [4.69, 9.17) is 16.0 Å². The summed E-state index contributed by atoms with van der Waals surface area (Å²) in [5, 5.41) is 23.9. The van der Waals surface area contributed by atoms with Gasteiger partial charge in [-0.25, -0.2) is 0 Å². The van der Waals surface area contributed by atoms with E-state index in [2.05, 4.69) is 24.3 Å². The van der Waals surface area contributed by atoms with Gasteiger partial charge in [0.25, 0.3) is 0 Å². The molecule has 5 nitrogen and oxygen atoms in total. The van der Waals surface area contributed by atoms with E-state index in [1.165, 1.54) is 0 Å². The Kier molecular flexibility index (Phi) is 4.15. The Morgan fingerprint density at radius 2 is 2.12 bits per heavy atom. The molecule has 0 radical (unpaired) electrons. The molecule has 5 N–H and O–H groups in total. The standard InChI is InChI=1S/C11H23N3O2/c1-10(2,5-6-15)13-8-11(3-4-11)7-9(12)14-16/h13,15-16H,3-8H2,1-2H3,(H2,12,14). The first kappa shape index (κ1) is 13.3. The van der Waals surface area contributed by atoms with Crippen LogP contribution in [-0.4, -0.2) is 34.8 Å². The molecule has 0 aromatic carbocycles. The van der Waals surface area contributed by atoms with Gasteiger partial charge in [0, 0.05) is 25.1 Å². The van der Waals surface area contributed by atoms with Crippen LogP contribution in [0.5, 0.6) is 0 Å². The molecule has 0 bridgehead atoms. The molecular formula is C11H23N3O2. The third-order valence-electron chi connectivity index (χ3n) is 3.32. The third kappa shape index (κ3) is 3.98. The van der Waals surface area contributed by atoms with Gasteiger partial charge in [-0.2, -0.15) is 0 Å². The molecule has 0 aromatic rings. The summed E-state index contributed by atoms with van der Waals surface area (Å²) < 4.78 is 0. The van der Waals surface area contributed by atoms with E-state index in [-0.39, 0.29) is 17.6 Å². The molecular weight excluding hydrogens is 206 g/mol. The number of oxime groups is 1. The van der Waals surface area contributed by atoms with Crippen molar-refractivity contribution in [2.24, 2.45) is 16.3 Å². The lowest BCUT2D eigenvalue weighted by atomic mass is 9.96. The molecule has 0 spiro atoms. The minimum atomic E-state index is -0.0601. The number of nitrogens with one attached hydrogen (secondary N) is 1. The van der Waals surface area contributed by atoms with Crippen molar-refractivity contribution in [2.45, 2.75) is 45.1 Å². The first-order chi connectivity index (χ1) is 7.43. The number of amidine groups is 1. The van der Waals surface area contributed by atoms with Gasteiger partial charge in [-0.05, 0) is 38.5 Å². The van der Waals surface area contributed by atoms with E-state index in [1.807, 2.05) is 0 Å². The minimum absolute atomic E-state index is 0.0601. The lowest BCUT2D eigenvalue weighted by molar-refractivity contribution is 0.223. The molecule has 0 atom stereocenters. The fourth-order valence-electron chi connectivity index (χ4n) is 1.81. The van der Waals surface area contributed by atoms with Crippen LogP contribution < -0.4 is 11.1 Å². The van der Waals surface area contributed by atoms with Gasteiger partial charge in [-0.15, -0.1) is 0 Å². The Bertz CT molecular complexity index is 260. The Hall–Kier alpha value is -0.810. The number of rotatable bonds is 7. The summed E-state index contributed by atoms with van der Waals surface area (Å²) in [6.45, 7) is 5.19. The molecule has 1 saturated carbocycles. The molecule has 16 heavy (non-hydrogen) atoms. The molecule has 1 rings (SSSR count). The molecule has 0 aromatic heterocycles. The maximum absolute atomic E-state index is 8.92. The summed E-state index contributed by atoms with van der Waals surface area (Å²) in [5.41, 5.74) is 5.64. The van der Waals surface area contributed by atoms with Crippen LogP contribution in [0.15, 0.2) is 5.16 Å². The molecule has 0 saturated heterocycles. The monoisotopic (exact) mass is 229 g/mol. The average Bonchev–Trinajstić information content (AvgIpc) is 2.96. The number of aliphatic hydroxyl groups excluding tert-OH is 1. The van der Waals surface area contributed by atoms with Crippen LogP contribution in [0.1, 0.15) is 39.5 Å². The summed E-state index contributed by atoms with van der Waals surface area (Å²) in [7, 11) is 0. The Labute approximate surface area is 96.7 Å². The topological polar surface area (TPSA) is 90.9 Å². The summed E-state index contributed by atoms with van der Waals surface area (Å²) in [6, 6.07) is 0. The van der Waals surface area contributed by atoms with Crippen LogP contribution >= 0.6 is 0 Å². The van der Waals surface area contributed by atoms with Crippen LogP contribution in [0.4, 0.5) is 0 Å². The molecule has 0 unspecified atom stereocenters. The lowest BCUT2D eigenvalue weighted by Crippen LogP contribution is -2.43. The van der Waals surface area contributed by atoms with Crippen LogP contribution in [-0.2, 0) is 0 Å². The smallest absolute Gasteiger partial charge is 0.139 e. The van der Waals surface area contributed by atoms with Crippen LogP contribution in [0.2, 0.25) is 0 Å². The van der Waals surface area contributed by atoms with E-state index < -0.39 is 0 Å². The van der Waals surface area contributed by atoms with Crippen molar-refractivity contribution in [2.75, 3.05) is 13.2 Å². The zero-order chi connectivity index (χ0) is 12.2. The van der Waals surface area contributed by atoms with Crippen molar-refractivity contribution in [1.29, 1.82) is 0 Å². The van der Waals surface area contributed by atoms with E-state index in [9.17, 15) is 0 Å². The second kappa shape index (κ2) is 5.01. The number of hydrogen-bond acceptors (Lipinski definition) is 4. The predicted molar refractivity (Wildman–Crippen MR) is 63.5 cm³/mol.